The van der Waals surface area contributed by atoms with E-state index in [2.05, 4.69) is 20.9 Å². The third-order valence-electron chi connectivity index (χ3n) is 4.32. The number of azo groups is 1. The van der Waals surface area contributed by atoms with E-state index in [0.717, 1.165) is 51.4 Å². The molecular formula is C14H22N6. The highest BCUT2D eigenvalue weighted by atomic mass is 15.2. The first-order valence-corrected chi connectivity index (χ1v) is 7.54. The Hall–Kier alpha value is -1.82. The van der Waals surface area contributed by atoms with Gasteiger partial charge in [-0.05, 0) is 25.7 Å². The largest absolute Gasteiger partial charge is 0.319 e. The van der Waals surface area contributed by atoms with Crippen LogP contribution in [0.3, 0.4) is 0 Å². The molecule has 0 heterocycles. The van der Waals surface area contributed by atoms with Gasteiger partial charge in [-0.3, -0.25) is 0 Å². The molecule has 0 saturated heterocycles. The number of hydrogen-bond donors (Lipinski definition) is 2. The molecule has 2 N–H and O–H groups in total. The van der Waals surface area contributed by atoms with Crippen LogP contribution in [-0.4, -0.2) is 24.2 Å². The summed E-state index contributed by atoms with van der Waals surface area (Å²) in [7, 11) is 0. The van der Waals surface area contributed by atoms with Crippen molar-refractivity contribution in [1.29, 1.82) is 10.5 Å². The molecule has 6 heteroatoms. The Balaban J connectivity index is 1.95. The van der Waals surface area contributed by atoms with Crippen molar-refractivity contribution in [2.75, 3.05) is 0 Å². The van der Waals surface area contributed by atoms with Gasteiger partial charge in [0.2, 0.25) is 0 Å². The number of hydrogen-bond acceptors (Lipinski definition) is 6. The van der Waals surface area contributed by atoms with Crippen molar-refractivity contribution < 1.29 is 0 Å². The van der Waals surface area contributed by atoms with E-state index >= 15 is 0 Å². The molecule has 4 unspecified atom stereocenters. The fourth-order valence-corrected chi connectivity index (χ4v) is 3.17. The van der Waals surface area contributed by atoms with E-state index in [-0.39, 0.29) is 24.2 Å². The predicted molar refractivity (Wildman–Crippen MR) is 74.4 cm³/mol. The van der Waals surface area contributed by atoms with Gasteiger partial charge in [0.15, 0.2) is 12.4 Å². The molecule has 2 rings (SSSR count). The maximum absolute atomic E-state index is 8.79. The van der Waals surface area contributed by atoms with Gasteiger partial charge in [0.05, 0.1) is 24.2 Å². The fourth-order valence-electron chi connectivity index (χ4n) is 3.17. The summed E-state index contributed by atoms with van der Waals surface area (Å²) in [6, 6.07) is 0.466. The number of nitriles is 2. The summed E-state index contributed by atoms with van der Waals surface area (Å²) in [5.41, 5.74) is 0. The van der Waals surface area contributed by atoms with Crippen LogP contribution in [0.5, 0.6) is 0 Å². The van der Waals surface area contributed by atoms with Crippen LogP contribution < -0.4 is 10.6 Å². The number of rotatable bonds is 4. The zero-order valence-corrected chi connectivity index (χ0v) is 11.8. The molecule has 2 fully saturated rings. The normalized spacial score (nSPS) is 34.1. The Labute approximate surface area is 120 Å². The van der Waals surface area contributed by atoms with Crippen LogP contribution in [0, 0.1) is 22.9 Å². The lowest BCUT2D eigenvalue weighted by Crippen LogP contribution is -2.40. The van der Waals surface area contributed by atoms with Gasteiger partial charge in [-0.15, -0.1) is 0 Å². The highest BCUT2D eigenvalue weighted by Gasteiger charge is 2.27. The first kappa shape index (κ1) is 14.6. The van der Waals surface area contributed by atoms with Gasteiger partial charge < -0.3 is 10.6 Å². The lowest BCUT2D eigenvalue weighted by atomic mass is 9.90. The van der Waals surface area contributed by atoms with Crippen LogP contribution in [0.2, 0.25) is 0 Å². The number of nitrogens with one attached hydrogen (secondary N) is 2. The fraction of sp³-hybridized carbons (Fsp3) is 0.857. The topological polar surface area (TPSA) is 96.4 Å². The Morgan fingerprint density at radius 1 is 0.700 bits per heavy atom. The quantitative estimate of drug-likeness (QED) is 0.466. The molecule has 0 amide bonds. The molecule has 0 bridgehead atoms. The van der Waals surface area contributed by atoms with Gasteiger partial charge in [0, 0.05) is 0 Å². The van der Waals surface area contributed by atoms with E-state index in [1.807, 2.05) is 12.4 Å². The average Bonchev–Trinajstić information content (AvgIpc) is 2.48. The summed E-state index contributed by atoms with van der Waals surface area (Å²) in [5.74, 6) is 0. The van der Waals surface area contributed by atoms with Crippen molar-refractivity contribution in [3.05, 3.63) is 0 Å². The maximum atomic E-state index is 8.79. The van der Waals surface area contributed by atoms with Gasteiger partial charge >= 0.3 is 0 Å². The minimum Gasteiger partial charge on any atom is -0.319 e. The third-order valence-corrected chi connectivity index (χ3v) is 4.32. The lowest BCUT2D eigenvalue weighted by molar-refractivity contribution is 0.315. The lowest BCUT2D eigenvalue weighted by Gasteiger charge is -2.29. The van der Waals surface area contributed by atoms with E-state index in [1.165, 1.54) is 0 Å². The molecule has 0 aromatic carbocycles. The van der Waals surface area contributed by atoms with Crippen molar-refractivity contribution >= 4 is 0 Å². The van der Waals surface area contributed by atoms with E-state index < -0.39 is 0 Å². The second-order valence-electron chi connectivity index (χ2n) is 5.66. The van der Waals surface area contributed by atoms with Crippen LogP contribution in [0.25, 0.3) is 0 Å². The second-order valence-corrected chi connectivity index (χ2v) is 5.66. The third kappa shape index (κ3) is 3.84. The monoisotopic (exact) mass is 274 g/mol. The molecule has 108 valence electrons. The zero-order valence-electron chi connectivity index (χ0n) is 11.8. The van der Waals surface area contributed by atoms with Crippen LogP contribution in [0.4, 0.5) is 0 Å². The molecule has 0 spiro atoms. The summed E-state index contributed by atoms with van der Waals surface area (Å²) < 4.78 is 0. The molecule has 20 heavy (non-hydrogen) atoms. The summed E-state index contributed by atoms with van der Waals surface area (Å²) in [6.45, 7) is 0. The molecule has 2 aliphatic carbocycles. The van der Waals surface area contributed by atoms with Gasteiger partial charge in [-0.25, -0.2) is 0 Å². The summed E-state index contributed by atoms with van der Waals surface area (Å²) in [6.07, 6.45) is 12.6. The Bertz CT molecular complexity index is 369. The Morgan fingerprint density at radius 2 is 1.10 bits per heavy atom. The van der Waals surface area contributed by atoms with Crippen molar-refractivity contribution in [3.8, 4) is 12.4 Å². The molecule has 0 aromatic rings. The average molecular weight is 274 g/mol. The van der Waals surface area contributed by atoms with Gasteiger partial charge in [0.1, 0.15) is 0 Å². The van der Waals surface area contributed by atoms with Crippen molar-refractivity contribution in [3.63, 3.8) is 0 Å². The smallest absolute Gasteiger partial charge is 0.176 e. The highest BCUT2D eigenvalue weighted by Crippen LogP contribution is 2.25. The second kappa shape index (κ2) is 7.69. The molecule has 0 aliphatic heterocycles. The van der Waals surface area contributed by atoms with Crippen molar-refractivity contribution in [2.45, 2.75) is 75.5 Å². The maximum Gasteiger partial charge on any atom is 0.176 e. The molecule has 6 nitrogen and oxygen atoms in total. The molecule has 4 atom stereocenters. The molecule has 2 saturated carbocycles. The molecule has 0 radical (unpaired) electrons. The van der Waals surface area contributed by atoms with Crippen LogP contribution in [0.1, 0.15) is 51.4 Å². The standard InChI is InChI=1S/C14H22N6/c15-9-17-11-5-1-3-7-13(11)19-20-14-8-4-2-6-12(14)18-10-16/h11-14,17-18H,1-8H2. The van der Waals surface area contributed by atoms with Gasteiger partial charge in [0.25, 0.3) is 0 Å². The SMILES string of the molecule is N#CNC1CCCCC1N=NC1CCCCC1NC#N. The first-order chi connectivity index (χ1) is 9.85. The first-order valence-electron chi connectivity index (χ1n) is 7.54. The van der Waals surface area contributed by atoms with E-state index in [9.17, 15) is 0 Å². The van der Waals surface area contributed by atoms with Crippen molar-refractivity contribution in [2.24, 2.45) is 10.2 Å². The highest BCUT2D eigenvalue weighted by molar-refractivity contribution is 4.92. The van der Waals surface area contributed by atoms with Crippen LogP contribution in [-0.2, 0) is 0 Å². The Kier molecular flexibility index (Phi) is 5.61. The van der Waals surface area contributed by atoms with E-state index in [0.29, 0.717) is 0 Å². The molecule has 2 aliphatic rings. The zero-order chi connectivity index (χ0) is 14.2. The molecule has 0 aromatic heterocycles. The Morgan fingerprint density at radius 3 is 1.50 bits per heavy atom. The summed E-state index contributed by atoms with van der Waals surface area (Å²) >= 11 is 0. The summed E-state index contributed by atoms with van der Waals surface area (Å²) in [4.78, 5) is 0. The van der Waals surface area contributed by atoms with E-state index in [1.54, 1.807) is 0 Å². The van der Waals surface area contributed by atoms with Crippen LogP contribution in [0.15, 0.2) is 10.2 Å². The van der Waals surface area contributed by atoms with E-state index in [4.69, 9.17) is 10.5 Å². The van der Waals surface area contributed by atoms with Gasteiger partial charge in [-0.2, -0.15) is 20.8 Å². The number of nitrogens with zero attached hydrogens (tertiary/aromatic N) is 4. The minimum atomic E-state index is 0.105. The molecular weight excluding hydrogens is 252 g/mol. The summed E-state index contributed by atoms with van der Waals surface area (Å²) in [5, 5.41) is 32.3. The minimum absolute atomic E-state index is 0.105. The van der Waals surface area contributed by atoms with Crippen molar-refractivity contribution in [1.82, 2.24) is 10.6 Å². The van der Waals surface area contributed by atoms with Gasteiger partial charge in [-0.1, -0.05) is 25.7 Å². The predicted octanol–water partition coefficient (Wildman–Crippen LogP) is 2.20. The van der Waals surface area contributed by atoms with Crippen LogP contribution >= 0.6 is 0 Å².